The van der Waals surface area contributed by atoms with Crippen molar-refractivity contribution < 1.29 is 18.3 Å². The second kappa shape index (κ2) is 3.96. The van der Waals surface area contributed by atoms with Gasteiger partial charge in [-0.15, -0.1) is 0 Å². The molecule has 0 aromatic heterocycles. The first-order chi connectivity index (χ1) is 7.16. The highest BCUT2D eigenvalue weighted by molar-refractivity contribution is 5.71. The van der Waals surface area contributed by atoms with Crippen LogP contribution in [0.5, 0.6) is 0 Å². The SMILES string of the molecule is O=C1CCC(c2cccc(C(F)F)c2)O1. The molecule has 1 aliphatic rings. The summed E-state index contributed by atoms with van der Waals surface area (Å²) in [6.07, 6.45) is -1.90. The van der Waals surface area contributed by atoms with Crippen molar-refractivity contribution in [1.29, 1.82) is 0 Å². The molecule has 1 saturated heterocycles. The van der Waals surface area contributed by atoms with E-state index in [4.69, 9.17) is 4.74 Å². The third-order valence-electron chi connectivity index (χ3n) is 2.42. The summed E-state index contributed by atoms with van der Waals surface area (Å²) in [6, 6.07) is 6.02. The molecular weight excluding hydrogens is 202 g/mol. The first kappa shape index (κ1) is 10.1. The summed E-state index contributed by atoms with van der Waals surface area (Å²) >= 11 is 0. The van der Waals surface area contributed by atoms with Gasteiger partial charge < -0.3 is 4.74 Å². The van der Waals surface area contributed by atoms with E-state index in [2.05, 4.69) is 0 Å². The lowest BCUT2D eigenvalue weighted by Crippen LogP contribution is -1.99. The molecule has 1 fully saturated rings. The van der Waals surface area contributed by atoms with Crippen LogP contribution in [0.1, 0.15) is 36.5 Å². The fourth-order valence-electron chi connectivity index (χ4n) is 1.66. The molecule has 2 rings (SSSR count). The Balaban J connectivity index is 2.21. The summed E-state index contributed by atoms with van der Waals surface area (Å²) < 4.78 is 29.8. The Morgan fingerprint density at radius 1 is 1.40 bits per heavy atom. The first-order valence-corrected chi connectivity index (χ1v) is 4.74. The Bertz CT molecular complexity index is 377. The summed E-state index contributed by atoms with van der Waals surface area (Å²) in [4.78, 5) is 10.9. The van der Waals surface area contributed by atoms with Crippen LogP contribution in [0.2, 0.25) is 0 Å². The molecule has 4 heteroatoms. The van der Waals surface area contributed by atoms with Crippen LogP contribution in [0.3, 0.4) is 0 Å². The van der Waals surface area contributed by atoms with Gasteiger partial charge >= 0.3 is 5.97 Å². The maximum Gasteiger partial charge on any atom is 0.306 e. The summed E-state index contributed by atoms with van der Waals surface area (Å²) in [5.74, 6) is -0.262. The van der Waals surface area contributed by atoms with Crippen LogP contribution in [0, 0.1) is 0 Å². The molecule has 1 aromatic rings. The van der Waals surface area contributed by atoms with E-state index in [9.17, 15) is 13.6 Å². The fraction of sp³-hybridized carbons (Fsp3) is 0.364. The largest absolute Gasteiger partial charge is 0.457 e. The van der Waals surface area contributed by atoms with Crippen molar-refractivity contribution in [2.45, 2.75) is 25.4 Å². The smallest absolute Gasteiger partial charge is 0.306 e. The van der Waals surface area contributed by atoms with Gasteiger partial charge in [-0.25, -0.2) is 8.78 Å². The van der Waals surface area contributed by atoms with Crippen molar-refractivity contribution in [3.05, 3.63) is 35.4 Å². The van der Waals surface area contributed by atoms with Gasteiger partial charge in [-0.2, -0.15) is 0 Å². The predicted octanol–water partition coefficient (Wildman–Crippen LogP) is 3.00. The third kappa shape index (κ3) is 2.14. The molecule has 1 unspecified atom stereocenters. The van der Waals surface area contributed by atoms with E-state index in [0.29, 0.717) is 18.4 Å². The molecular formula is C11H10F2O2. The summed E-state index contributed by atoms with van der Waals surface area (Å²) in [7, 11) is 0. The van der Waals surface area contributed by atoms with Crippen LogP contribution in [0.25, 0.3) is 0 Å². The number of halogens is 2. The van der Waals surface area contributed by atoms with Gasteiger partial charge in [0.2, 0.25) is 0 Å². The van der Waals surface area contributed by atoms with E-state index in [1.54, 1.807) is 12.1 Å². The zero-order valence-corrected chi connectivity index (χ0v) is 7.95. The zero-order valence-electron chi connectivity index (χ0n) is 7.95. The maximum absolute atomic E-state index is 12.4. The topological polar surface area (TPSA) is 26.3 Å². The number of ether oxygens (including phenoxy) is 1. The Morgan fingerprint density at radius 3 is 2.80 bits per heavy atom. The summed E-state index contributed by atoms with van der Waals surface area (Å²) in [5.41, 5.74) is 0.620. The van der Waals surface area contributed by atoms with Gasteiger partial charge in [-0.3, -0.25) is 4.79 Å². The quantitative estimate of drug-likeness (QED) is 0.704. The van der Waals surface area contributed by atoms with Crippen LogP contribution >= 0.6 is 0 Å². The zero-order chi connectivity index (χ0) is 10.8. The fourth-order valence-corrected chi connectivity index (χ4v) is 1.66. The molecule has 0 radical (unpaired) electrons. The molecule has 0 aliphatic carbocycles. The average Bonchev–Trinajstić information content (AvgIpc) is 2.65. The second-order valence-electron chi connectivity index (χ2n) is 3.49. The van der Waals surface area contributed by atoms with E-state index in [0.717, 1.165) is 0 Å². The molecule has 0 bridgehead atoms. The van der Waals surface area contributed by atoms with Crippen molar-refractivity contribution in [2.24, 2.45) is 0 Å². The molecule has 2 nitrogen and oxygen atoms in total. The highest BCUT2D eigenvalue weighted by atomic mass is 19.3. The van der Waals surface area contributed by atoms with Gasteiger partial charge in [-0.05, 0) is 18.1 Å². The minimum Gasteiger partial charge on any atom is -0.457 e. The van der Waals surface area contributed by atoms with Gasteiger partial charge in [-0.1, -0.05) is 18.2 Å². The Labute approximate surface area is 85.9 Å². The first-order valence-electron chi connectivity index (χ1n) is 4.74. The van der Waals surface area contributed by atoms with Crippen molar-refractivity contribution in [2.75, 3.05) is 0 Å². The van der Waals surface area contributed by atoms with Gasteiger partial charge in [0, 0.05) is 12.0 Å². The monoisotopic (exact) mass is 212 g/mol. The van der Waals surface area contributed by atoms with E-state index >= 15 is 0 Å². The number of carbonyl (C=O) groups is 1. The minimum absolute atomic E-state index is 0.0320. The van der Waals surface area contributed by atoms with Crippen molar-refractivity contribution in [1.82, 2.24) is 0 Å². The Kier molecular flexibility index (Phi) is 2.66. The van der Waals surface area contributed by atoms with Crippen molar-refractivity contribution in [3.63, 3.8) is 0 Å². The molecule has 1 aromatic carbocycles. The molecule has 1 atom stereocenters. The van der Waals surface area contributed by atoms with E-state index in [-0.39, 0.29) is 17.6 Å². The van der Waals surface area contributed by atoms with Crippen LogP contribution in [0.15, 0.2) is 24.3 Å². The third-order valence-corrected chi connectivity index (χ3v) is 2.42. The lowest BCUT2D eigenvalue weighted by molar-refractivity contribution is -0.141. The van der Waals surface area contributed by atoms with Crippen LogP contribution < -0.4 is 0 Å². The summed E-state index contributed by atoms with van der Waals surface area (Å²) in [6.45, 7) is 0. The van der Waals surface area contributed by atoms with Crippen molar-refractivity contribution in [3.8, 4) is 0 Å². The van der Waals surface area contributed by atoms with Crippen molar-refractivity contribution >= 4 is 5.97 Å². The number of hydrogen-bond acceptors (Lipinski definition) is 2. The minimum atomic E-state index is -2.48. The van der Waals surface area contributed by atoms with E-state index in [1.807, 2.05) is 0 Å². The van der Waals surface area contributed by atoms with Crippen LogP contribution in [-0.4, -0.2) is 5.97 Å². The predicted molar refractivity (Wildman–Crippen MR) is 49.5 cm³/mol. The van der Waals surface area contributed by atoms with Gasteiger partial charge in [0.05, 0.1) is 0 Å². The molecule has 0 amide bonds. The number of esters is 1. The molecule has 1 heterocycles. The maximum atomic E-state index is 12.4. The average molecular weight is 212 g/mol. The molecule has 0 N–H and O–H groups in total. The standard InChI is InChI=1S/C11H10F2O2/c12-11(13)8-3-1-2-7(6-8)9-4-5-10(14)15-9/h1-3,6,9,11H,4-5H2. The van der Waals surface area contributed by atoms with Crippen LogP contribution in [-0.2, 0) is 9.53 Å². The normalized spacial score (nSPS) is 20.7. The molecule has 15 heavy (non-hydrogen) atoms. The molecule has 80 valence electrons. The Hall–Kier alpha value is -1.45. The van der Waals surface area contributed by atoms with Gasteiger partial charge in [0.15, 0.2) is 0 Å². The lowest BCUT2D eigenvalue weighted by Gasteiger charge is -2.10. The van der Waals surface area contributed by atoms with Gasteiger partial charge in [0.25, 0.3) is 6.43 Å². The highest BCUT2D eigenvalue weighted by Gasteiger charge is 2.25. The van der Waals surface area contributed by atoms with Crippen LogP contribution in [0.4, 0.5) is 8.78 Å². The van der Waals surface area contributed by atoms with Gasteiger partial charge in [0.1, 0.15) is 6.10 Å². The number of cyclic esters (lactones) is 1. The Morgan fingerprint density at radius 2 is 2.20 bits per heavy atom. The number of hydrogen-bond donors (Lipinski definition) is 0. The number of alkyl halides is 2. The van der Waals surface area contributed by atoms with E-state index < -0.39 is 6.43 Å². The second-order valence-corrected chi connectivity index (χ2v) is 3.49. The molecule has 0 saturated carbocycles. The number of carbonyl (C=O) groups excluding carboxylic acids is 1. The number of benzene rings is 1. The number of rotatable bonds is 2. The summed E-state index contributed by atoms with van der Waals surface area (Å²) in [5, 5.41) is 0. The van der Waals surface area contributed by atoms with E-state index in [1.165, 1.54) is 12.1 Å². The highest BCUT2D eigenvalue weighted by Crippen LogP contribution is 2.31. The lowest BCUT2D eigenvalue weighted by atomic mass is 10.0. The molecule has 0 spiro atoms. The molecule has 1 aliphatic heterocycles.